The molecule has 7 heteroatoms. The van der Waals surface area contributed by atoms with Crippen LogP contribution in [-0.2, 0) is 9.59 Å². The van der Waals surface area contributed by atoms with Crippen molar-refractivity contribution < 1.29 is 27.9 Å². The van der Waals surface area contributed by atoms with E-state index >= 15 is 0 Å². The smallest absolute Gasteiger partial charge is 0.471 e. The van der Waals surface area contributed by atoms with Crippen molar-refractivity contribution in [3.05, 3.63) is 0 Å². The summed E-state index contributed by atoms with van der Waals surface area (Å²) >= 11 is 0. The van der Waals surface area contributed by atoms with Gasteiger partial charge in [-0.1, -0.05) is 0 Å². The Balaban J connectivity index is 1.70. The van der Waals surface area contributed by atoms with Gasteiger partial charge in [-0.25, -0.2) is 0 Å². The van der Waals surface area contributed by atoms with Crippen molar-refractivity contribution in [3.8, 4) is 0 Å². The van der Waals surface area contributed by atoms with Crippen molar-refractivity contribution in [1.29, 1.82) is 0 Å². The van der Waals surface area contributed by atoms with E-state index in [1.54, 1.807) is 0 Å². The molecule has 0 aromatic rings. The summed E-state index contributed by atoms with van der Waals surface area (Å²) in [5.41, 5.74) is 0. The number of halogens is 3. The third-order valence-corrected chi connectivity index (χ3v) is 3.53. The Morgan fingerprint density at radius 2 is 1.76 bits per heavy atom. The van der Waals surface area contributed by atoms with Crippen molar-refractivity contribution in [1.82, 2.24) is 5.32 Å². The predicted octanol–water partition coefficient (Wildman–Crippen LogP) is 1.16. The summed E-state index contributed by atoms with van der Waals surface area (Å²) in [7, 11) is 0. The van der Waals surface area contributed by atoms with E-state index in [0.717, 1.165) is 0 Å². The number of nitrogens with one attached hydrogen (secondary N) is 1. The molecule has 0 radical (unpaired) electrons. The number of carbonyl (C=O) groups is 2. The van der Waals surface area contributed by atoms with Gasteiger partial charge in [0.2, 0.25) is 0 Å². The molecule has 0 aliphatic heterocycles. The molecule has 2 unspecified atom stereocenters. The molecule has 4 nitrogen and oxygen atoms in total. The van der Waals surface area contributed by atoms with Gasteiger partial charge in [0.15, 0.2) is 0 Å². The second-order valence-electron chi connectivity index (χ2n) is 4.74. The topological polar surface area (TPSA) is 66.4 Å². The summed E-state index contributed by atoms with van der Waals surface area (Å²) in [6, 6.07) is -0.454. The van der Waals surface area contributed by atoms with Crippen molar-refractivity contribution in [2.24, 2.45) is 17.8 Å². The van der Waals surface area contributed by atoms with Crippen LogP contribution in [0.1, 0.15) is 19.3 Å². The highest BCUT2D eigenvalue weighted by atomic mass is 19.4. The first-order valence-corrected chi connectivity index (χ1v) is 5.39. The second-order valence-corrected chi connectivity index (χ2v) is 4.74. The van der Waals surface area contributed by atoms with Crippen LogP contribution in [0.15, 0.2) is 0 Å². The second kappa shape index (κ2) is 3.89. The first-order valence-electron chi connectivity index (χ1n) is 5.39. The molecule has 0 aromatic carbocycles. The minimum atomic E-state index is -4.84. The van der Waals surface area contributed by atoms with Gasteiger partial charge in [-0.3, -0.25) is 9.59 Å². The monoisotopic (exact) mass is 251 g/mol. The fraction of sp³-hybridized carbons (Fsp3) is 0.800. The average Bonchev–Trinajstić information content (AvgIpc) is 2.87. The third-order valence-electron chi connectivity index (χ3n) is 3.53. The minimum absolute atomic E-state index is 0.0894. The maximum Gasteiger partial charge on any atom is 0.471 e. The lowest BCUT2D eigenvalue weighted by molar-refractivity contribution is -0.175. The molecule has 1 amide bonds. The van der Waals surface area contributed by atoms with Crippen molar-refractivity contribution in [3.63, 3.8) is 0 Å². The largest absolute Gasteiger partial charge is 0.481 e. The Morgan fingerprint density at radius 3 is 2.18 bits per heavy atom. The zero-order valence-corrected chi connectivity index (χ0v) is 8.83. The highest BCUT2D eigenvalue weighted by molar-refractivity contribution is 5.82. The fourth-order valence-electron chi connectivity index (χ4n) is 2.42. The summed E-state index contributed by atoms with van der Waals surface area (Å²) in [6.45, 7) is 0. The zero-order valence-electron chi connectivity index (χ0n) is 8.83. The molecule has 2 rings (SSSR count). The molecule has 0 heterocycles. The number of amides is 1. The molecular weight excluding hydrogens is 239 g/mol. The summed E-state index contributed by atoms with van der Waals surface area (Å²) in [4.78, 5) is 21.2. The number of carboxylic acids is 1. The zero-order chi connectivity index (χ0) is 12.8. The highest BCUT2D eigenvalue weighted by Gasteiger charge is 2.52. The van der Waals surface area contributed by atoms with E-state index in [0.29, 0.717) is 19.3 Å². The average molecular weight is 251 g/mol. The lowest BCUT2D eigenvalue weighted by atomic mass is 9.76. The molecule has 2 aliphatic rings. The predicted molar refractivity (Wildman–Crippen MR) is 49.9 cm³/mol. The number of aliphatic carboxylic acids is 1. The van der Waals surface area contributed by atoms with Gasteiger partial charge in [-0.15, -0.1) is 0 Å². The molecule has 2 saturated carbocycles. The normalized spacial score (nSPS) is 35.9. The van der Waals surface area contributed by atoms with Crippen LogP contribution >= 0.6 is 0 Å². The quantitative estimate of drug-likeness (QED) is 0.791. The Bertz CT molecular complexity index is 349. The number of alkyl halides is 3. The van der Waals surface area contributed by atoms with Crippen molar-refractivity contribution in [2.75, 3.05) is 0 Å². The van der Waals surface area contributed by atoms with Crippen molar-refractivity contribution in [2.45, 2.75) is 31.5 Å². The van der Waals surface area contributed by atoms with E-state index < -0.39 is 24.1 Å². The molecule has 17 heavy (non-hydrogen) atoms. The lowest BCUT2D eigenvalue weighted by Crippen LogP contribution is -2.49. The van der Waals surface area contributed by atoms with Gasteiger partial charge in [0.1, 0.15) is 0 Å². The lowest BCUT2D eigenvalue weighted by Gasteiger charge is -2.36. The molecule has 0 bridgehead atoms. The number of hydrogen-bond donors (Lipinski definition) is 2. The Labute approximate surface area is 95.2 Å². The van der Waals surface area contributed by atoms with E-state index in [9.17, 15) is 22.8 Å². The third kappa shape index (κ3) is 2.53. The number of hydrogen-bond acceptors (Lipinski definition) is 2. The Kier molecular flexibility index (Phi) is 2.79. The molecule has 2 aliphatic carbocycles. The molecule has 96 valence electrons. The molecule has 2 atom stereocenters. The summed E-state index contributed by atoms with van der Waals surface area (Å²) in [6.07, 6.45) is -3.32. The Morgan fingerprint density at radius 1 is 1.18 bits per heavy atom. The van der Waals surface area contributed by atoms with Gasteiger partial charge in [-0.05, 0) is 31.1 Å². The van der Waals surface area contributed by atoms with Crippen LogP contribution in [0.4, 0.5) is 13.2 Å². The van der Waals surface area contributed by atoms with Crippen LogP contribution in [-0.4, -0.2) is 29.2 Å². The van der Waals surface area contributed by atoms with Crippen LogP contribution < -0.4 is 5.32 Å². The number of carboxylic acid groups (broad SMARTS) is 1. The van der Waals surface area contributed by atoms with E-state index in [-0.39, 0.29) is 17.8 Å². The van der Waals surface area contributed by atoms with Crippen molar-refractivity contribution >= 4 is 11.9 Å². The summed E-state index contributed by atoms with van der Waals surface area (Å²) in [5.74, 6) is -2.84. The van der Waals surface area contributed by atoms with Crippen LogP contribution in [0.3, 0.4) is 0 Å². The van der Waals surface area contributed by atoms with Crippen LogP contribution in [0.25, 0.3) is 0 Å². The van der Waals surface area contributed by atoms with Gasteiger partial charge in [0.05, 0.1) is 5.92 Å². The van der Waals surface area contributed by atoms with E-state index in [1.807, 2.05) is 5.32 Å². The molecule has 2 N–H and O–H groups in total. The standard InChI is InChI=1S/C10H12F3NO3/c11-10(12,13)9(17)14-5-1-4(2-5)6-3-7(6)8(15)16/h4-7H,1-3H2,(H,14,17)(H,15,16). The van der Waals surface area contributed by atoms with Gasteiger partial charge in [0, 0.05) is 6.04 Å². The molecule has 0 spiro atoms. The SMILES string of the molecule is O=C(O)C1CC1C1CC(NC(=O)C(F)(F)F)C1. The maximum atomic E-state index is 11.9. The van der Waals surface area contributed by atoms with Gasteiger partial charge in [0.25, 0.3) is 0 Å². The highest BCUT2D eigenvalue weighted by Crippen LogP contribution is 2.51. The van der Waals surface area contributed by atoms with E-state index in [4.69, 9.17) is 5.11 Å². The fourth-order valence-corrected chi connectivity index (χ4v) is 2.42. The van der Waals surface area contributed by atoms with Crippen LogP contribution in [0, 0.1) is 17.8 Å². The molecular formula is C10H12F3NO3. The van der Waals surface area contributed by atoms with E-state index in [2.05, 4.69) is 0 Å². The van der Waals surface area contributed by atoms with Gasteiger partial charge in [-0.2, -0.15) is 13.2 Å². The van der Waals surface area contributed by atoms with Crippen LogP contribution in [0.2, 0.25) is 0 Å². The molecule has 0 saturated heterocycles. The summed E-state index contributed by atoms with van der Waals surface area (Å²) < 4.78 is 35.7. The Hall–Kier alpha value is -1.27. The number of rotatable bonds is 3. The molecule has 2 fully saturated rings. The molecule has 0 aromatic heterocycles. The first kappa shape index (κ1) is 12.2. The number of carbonyl (C=O) groups excluding carboxylic acids is 1. The van der Waals surface area contributed by atoms with Crippen LogP contribution in [0.5, 0.6) is 0 Å². The summed E-state index contributed by atoms with van der Waals surface area (Å²) in [5, 5.41) is 10.6. The van der Waals surface area contributed by atoms with Gasteiger partial charge >= 0.3 is 18.1 Å². The first-order chi connectivity index (χ1) is 7.79. The minimum Gasteiger partial charge on any atom is -0.481 e. The van der Waals surface area contributed by atoms with Gasteiger partial charge < -0.3 is 10.4 Å². The maximum absolute atomic E-state index is 11.9. The van der Waals surface area contributed by atoms with E-state index in [1.165, 1.54) is 0 Å².